The predicted octanol–water partition coefficient (Wildman–Crippen LogP) is 10.8. The summed E-state index contributed by atoms with van der Waals surface area (Å²) in [5, 5.41) is 5.21. The summed E-state index contributed by atoms with van der Waals surface area (Å²) in [5.74, 6) is 0. The fraction of sp³-hybridized carbons (Fsp3) is 0.100. The summed E-state index contributed by atoms with van der Waals surface area (Å²) < 4.78 is 4.80. The van der Waals surface area contributed by atoms with Gasteiger partial charge in [0, 0.05) is 32.9 Å². The van der Waals surface area contributed by atoms with Gasteiger partial charge in [0.1, 0.15) is 0 Å². The zero-order chi connectivity index (χ0) is 28.5. The van der Waals surface area contributed by atoms with E-state index in [1.165, 1.54) is 88.4 Å². The first-order valence-electron chi connectivity index (χ1n) is 14.7. The molecule has 0 aliphatic heterocycles. The summed E-state index contributed by atoms with van der Waals surface area (Å²) in [4.78, 5) is 0. The molecule has 0 fully saturated rings. The lowest BCUT2D eigenvalue weighted by Crippen LogP contribution is -1.95. The lowest BCUT2D eigenvalue weighted by Gasteiger charge is -2.11. The van der Waals surface area contributed by atoms with Gasteiger partial charge in [0.15, 0.2) is 0 Å². The summed E-state index contributed by atoms with van der Waals surface area (Å²) in [5.41, 5.74) is 14.9. The van der Waals surface area contributed by atoms with Gasteiger partial charge in [-0.1, -0.05) is 71.8 Å². The fourth-order valence-corrected chi connectivity index (χ4v) is 6.65. The van der Waals surface area contributed by atoms with E-state index in [2.05, 4.69) is 158 Å². The summed E-state index contributed by atoms with van der Waals surface area (Å²) >= 11 is 0. The molecule has 0 N–H and O–H groups in total. The molecule has 0 spiro atoms. The number of nitrogens with zero attached hydrogens (tertiary/aromatic N) is 2. The van der Waals surface area contributed by atoms with Gasteiger partial charge in [0.2, 0.25) is 0 Å². The molecule has 42 heavy (non-hydrogen) atoms. The number of aryl methyl sites for hydroxylation is 4. The monoisotopic (exact) mass is 540 g/mol. The van der Waals surface area contributed by atoms with Crippen LogP contribution in [0.4, 0.5) is 0 Å². The Kier molecular flexibility index (Phi) is 5.42. The van der Waals surface area contributed by atoms with E-state index < -0.39 is 0 Å². The smallest absolute Gasteiger partial charge is 0.0543 e. The van der Waals surface area contributed by atoms with Gasteiger partial charge in [-0.25, -0.2) is 0 Å². The highest BCUT2D eigenvalue weighted by Gasteiger charge is 2.15. The van der Waals surface area contributed by atoms with E-state index in [0.717, 1.165) is 0 Å². The number of rotatable bonds is 3. The normalized spacial score (nSPS) is 11.8. The van der Waals surface area contributed by atoms with Crippen molar-refractivity contribution < 1.29 is 0 Å². The van der Waals surface area contributed by atoms with Crippen molar-refractivity contribution >= 4 is 43.6 Å². The second-order valence-corrected chi connectivity index (χ2v) is 11.8. The van der Waals surface area contributed by atoms with Crippen molar-refractivity contribution in [3.05, 3.63) is 144 Å². The van der Waals surface area contributed by atoms with Crippen molar-refractivity contribution in [1.82, 2.24) is 9.13 Å². The Balaban J connectivity index is 1.20. The van der Waals surface area contributed by atoms with Gasteiger partial charge in [-0.05, 0) is 111 Å². The average Bonchev–Trinajstić information content (AvgIpc) is 3.48. The maximum absolute atomic E-state index is 2.40. The molecule has 2 nitrogen and oxygen atoms in total. The van der Waals surface area contributed by atoms with Gasteiger partial charge in [-0.3, -0.25) is 0 Å². The molecule has 8 aromatic rings. The van der Waals surface area contributed by atoms with E-state index in [1.807, 2.05) is 0 Å². The van der Waals surface area contributed by atoms with Crippen LogP contribution in [0, 0.1) is 27.7 Å². The van der Waals surface area contributed by atoms with Crippen LogP contribution in [0.3, 0.4) is 0 Å². The van der Waals surface area contributed by atoms with Crippen LogP contribution in [0.1, 0.15) is 22.3 Å². The third-order valence-corrected chi connectivity index (χ3v) is 8.74. The van der Waals surface area contributed by atoms with Crippen LogP contribution < -0.4 is 0 Å². The Hall–Kier alpha value is -5.08. The minimum Gasteiger partial charge on any atom is -0.309 e. The quantitative estimate of drug-likeness (QED) is 0.211. The van der Waals surface area contributed by atoms with E-state index in [4.69, 9.17) is 0 Å². The Bertz CT molecular complexity index is 2140. The second kappa shape index (κ2) is 9.22. The molecule has 6 aromatic carbocycles. The summed E-state index contributed by atoms with van der Waals surface area (Å²) in [6.07, 6.45) is 0. The molecule has 0 bridgehead atoms. The number of fused-ring (bicyclic) bond motifs is 6. The van der Waals surface area contributed by atoms with Crippen molar-refractivity contribution in [3.8, 4) is 22.5 Å². The zero-order valence-corrected chi connectivity index (χ0v) is 24.4. The van der Waals surface area contributed by atoms with Crippen LogP contribution in [0.2, 0.25) is 0 Å². The standard InChI is InChI=1S/C40H32N2/c1-25-7-19-37-35(21-25)33-17-5-27(3)23-39(33)41(37)31-13-9-29(10-14-31)30-11-15-32(16-12-30)42-38-20-8-26(2)22-36(38)34-18-6-28(4)24-40(34)42/h5-24H,1-4H3. The van der Waals surface area contributed by atoms with E-state index in [-0.39, 0.29) is 0 Å². The molecular weight excluding hydrogens is 508 g/mol. The van der Waals surface area contributed by atoms with Gasteiger partial charge in [0.05, 0.1) is 22.1 Å². The van der Waals surface area contributed by atoms with Crippen LogP contribution in [-0.4, -0.2) is 9.13 Å². The Morgan fingerprint density at radius 1 is 0.310 bits per heavy atom. The van der Waals surface area contributed by atoms with E-state index in [0.29, 0.717) is 0 Å². The minimum atomic E-state index is 1.18. The molecule has 202 valence electrons. The molecule has 0 unspecified atom stereocenters. The maximum atomic E-state index is 2.40. The molecule has 0 saturated heterocycles. The summed E-state index contributed by atoms with van der Waals surface area (Å²) in [6.45, 7) is 8.67. The van der Waals surface area contributed by atoms with Crippen molar-refractivity contribution in [2.24, 2.45) is 0 Å². The lowest BCUT2D eigenvalue weighted by molar-refractivity contribution is 1.17. The van der Waals surface area contributed by atoms with Gasteiger partial charge >= 0.3 is 0 Å². The number of aromatic nitrogens is 2. The molecule has 2 aromatic heterocycles. The first-order chi connectivity index (χ1) is 20.4. The topological polar surface area (TPSA) is 9.86 Å². The molecule has 0 saturated carbocycles. The first kappa shape index (κ1) is 24.7. The van der Waals surface area contributed by atoms with Gasteiger partial charge in [-0.15, -0.1) is 0 Å². The van der Waals surface area contributed by atoms with Crippen molar-refractivity contribution in [2.45, 2.75) is 27.7 Å². The minimum absolute atomic E-state index is 1.18. The second-order valence-electron chi connectivity index (χ2n) is 11.8. The summed E-state index contributed by atoms with van der Waals surface area (Å²) in [6, 6.07) is 45.1. The van der Waals surface area contributed by atoms with E-state index in [1.54, 1.807) is 0 Å². The highest BCUT2D eigenvalue weighted by molar-refractivity contribution is 6.10. The Labute approximate surface area is 246 Å². The highest BCUT2D eigenvalue weighted by Crippen LogP contribution is 2.36. The molecule has 2 heterocycles. The molecule has 0 radical (unpaired) electrons. The largest absolute Gasteiger partial charge is 0.309 e. The third-order valence-electron chi connectivity index (χ3n) is 8.74. The number of hydrogen-bond donors (Lipinski definition) is 0. The van der Waals surface area contributed by atoms with Crippen LogP contribution in [-0.2, 0) is 0 Å². The third kappa shape index (κ3) is 3.79. The van der Waals surface area contributed by atoms with Crippen LogP contribution in [0.5, 0.6) is 0 Å². The molecule has 0 aliphatic rings. The average molecular weight is 541 g/mol. The van der Waals surface area contributed by atoms with Gasteiger partial charge < -0.3 is 9.13 Å². The number of benzene rings is 6. The number of hydrogen-bond acceptors (Lipinski definition) is 0. The fourth-order valence-electron chi connectivity index (χ4n) is 6.65. The Morgan fingerprint density at radius 2 is 0.667 bits per heavy atom. The molecule has 2 heteroatoms. The predicted molar refractivity (Wildman–Crippen MR) is 180 cm³/mol. The SMILES string of the molecule is Cc1ccc2c(c1)c1ccc(C)cc1n2-c1ccc(-c2ccc(-n3c4ccc(C)cc4c4ccc(C)cc43)cc2)cc1. The maximum Gasteiger partial charge on any atom is 0.0543 e. The van der Waals surface area contributed by atoms with Gasteiger partial charge in [-0.2, -0.15) is 0 Å². The lowest BCUT2D eigenvalue weighted by atomic mass is 10.0. The van der Waals surface area contributed by atoms with Crippen LogP contribution in [0.25, 0.3) is 66.1 Å². The van der Waals surface area contributed by atoms with Crippen molar-refractivity contribution in [3.63, 3.8) is 0 Å². The van der Waals surface area contributed by atoms with Crippen molar-refractivity contribution in [1.29, 1.82) is 0 Å². The molecule has 0 aliphatic carbocycles. The highest BCUT2D eigenvalue weighted by atomic mass is 15.0. The van der Waals surface area contributed by atoms with Crippen LogP contribution in [0.15, 0.2) is 121 Å². The van der Waals surface area contributed by atoms with E-state index >= 15 is 0 Å². The van der Waals surface area contributed by atoms with Crippen molar-refractivity contribution in [2.75, 3.05) is 0 Å². The molecular formula is C40H32N2. The zero-order valence-electron chi connectivity index (χ0n) is 24.4. The van der Waals surface area contributed by atoms with E-state index in [9.17, 15) is 0 Å². The Morgan fingerprint density at radius 3 is 1.07 bits per heavy atom. The molecule has 8 rings (SSSR count). The summed E-state index contributed by atoms with van der Waals surface area (Å²) in [7, 11) is 0. The molecule has 0 amide bonds. The van der Waals surface area contributed by atoms with Crippen LogP contribution >= 0.6 is 0 Å². The van der Waals surface area contributed by atoms with Gasteiger partial charge in [0.25, 0.3) is 0 Å². The molecule has 0 atom stereocenters. The first-order valence-corrected chi connectivity index (χ1v) is 14.7.